The molecule has 1 aromatic carbocycles. The number of hydrogen-bond acceptors (Lipinski definition) is 12. The van der Waals surface area contributed by atoms with Gasteiger partial charge in [-0.15, -0.1) is 0 Å². The summed E-state index contributed by atoms with van der Waals surface area (Å²) < 4.78 is 0. The number of guanidine groups is 1. The number of hydrogen-bond donors (Lipinski definition) is 13. The summed E-state index contributed by atoms with van der Waals surface area (Å²) in [6, 6.07) is -1.81. The number of aliphatic hydroxyl groups is 1. The van der Waals surface area contributed by atoms with Gasteiger partial charge < -0.3 is 69.9 Å². The number of phenols is 1. The van der Waals surface area contributed by atoms with Gasteiger partial charge in [0.15, 0.2) is 5.96 Å². The minimum Gasteiger partial charge on any atom is -0.508 e. The first kappa shape index (κ1) is 43.0. The van der Waals surface area contributed by atoms with Crippen LogP contribution in [0.3, 0.4) is 0 Å². The number of aliphatic imine (C=N–C) groups is 1. The van der Waals surface area contributed by atoms with Gasteiger partial charge in [-0.25, -0.2) is 4.79 Å². The minimum atomic E-state index is -1.78. The average molecular weight is 725 g/mol. The molecule has 0 aromatic heterocycles. The van der Waals surface area contributed by atoms with Crippen LogP contribution >= 0.6 is 0 Å². The highest BCUT2D eigenvalue weighted by Crippen LogP contribution is 2.12. The van der Waals surface area contributed by atoms with Crippen LogP contribution in [0.5, 0.6) is 5.75 Å². The molecular weight excluding hydrogens is 680 g/mol. The van der Waals surface area contributed by atoms with Gasteiger partial charge >= 0.3 is 11.9 Å². The van der Waals surface area contributed by atoms with E-state index < -0.39 is 110 Å². The van der Waals surface area contributed by atoms with E-state index in [9.17, 15) is 53.7 Å². The van der Waals surface area contributed by atoms with E-state index in [0.29, 0.717) is 12.0 Å². The predicted octanol–water partition coefficient (Wildman–Crippen LogP) is -5.81. The Balaban J connectivity index is 2.97. The number of carboxylic acid groups (broad SMARTS) is 2. The number of nitrogens with one attached hydrogen (secondary N) is 5. The topological polar surface area (TPSA) is 394 Å². The van der Waals surface area contributed by atoms with E-state index in [1.165, 1.54) is 24.3 Å². The van der Waals surface area contributed by atoms with Gasteiger partial charge in [-0.3, -0.25) is 38.6 Å². The lowest BCUT2D eigenvalue weighted by molar-refractivity contribution is -0.144. The van der Waals surface area contributed by atoms with Gasteiger partial charge in [0.25, 0.3) is 0 Å². The Kier molecular flexibility index (Phi) is 18.4. The first-order valence-electron chi connectivity index (χ1n) is 15.3. The van der Waals surface area contributed by atoms with Gasteiger partial charge in [0.05, 0.1) is 25.6 Å². The van der Waals surface area contributed by atoms with Gasteiger partial charge in [0.2, 0.25) is 35.4 Å². The maximum Gasteiger partial charge on any atom is 0.326 e. The van der Waals surface area contributed by atoms with E-state index in [4.69, 9.17) is 28.0 Å². The molecule has 0 spiro atoms. The molecule has 282 valence electrons. The number of aliphatic carboxylic acids is 2. The molecule has 22 heteroatoms. The lowest BCUT2D eigenvalue weighted by Crippen LogP contribution is -2.58. The fraction of sp³-hybridized carbons (Fsp3) is 0.483. The second-order valence-electron chi connectivity index (χ2n) is 11.1. The van der Waals surface area contributed by atoms with Crippen LogP contribution in [0.2, 0.25) is 0 Å². The Labute approximate surface area is 290 Å². The predicted molar refractivity (Wildman–Crippen MR) is 176 cm³/mol. The van der Waals surface area contributed by atoms with Crippen LogP contribution < -0.4 is 49.5 Å². The highest BCUT2D eigenvalue weighted by Gasteiger charge is 2.30. The van der Waals surface area contributed by atoms with Crippen molar-refractivity contribution < 1.29 is 58.8 Å². The fourth-order valence-electron chi connectivity index (χ4n) is 4.22. The van der Waals surface area contributed by atoms with E-state index in [1.807, 2.05) is 5.32 Å². The van der Waals surface area contributed by atoms with E-state index in [1.54, 1.807) is 0 Å². The summed E-state index contributed by atoms with van der Waals surface area (Å²) in [5.41, 5.74) is 22.0. The van der Waals surface area contributed by atoms with Crippen LogP contribution in [0.15, 0.2) is 29.3 Å². The molecule has 51 heavy (non-hydrogen) atoms. The molecular formula is C29H44N10O12. The van der Waals surface area contributed by atoms with Gasteiger partial charge in [-0.05, 0) is 37.0 Å². The van der Waals surface area contributed by atoms with Gasteiger partial charge in [-0.2, -0.15) is 0 Å². The zero-order chi connectivity index (χ0) is 38.7. The summed E-state index contributed by atoms with van der Waals surface area (Å²) in [6.07, 6.45) is -1.59. The Bertz CT molecular complexity index is 1440. The standard InChI is InChI=1S/C29H44N10O12/c30-16(2-1-9-34-29(32)33)24(46)37-18(10-14-3-5-15(41)6-4-14)27(49)39-20(13-40)25(47)35-12-22(43)36-17(7-8-23(44)45)26(48)38-19(28(50)51)11-21(31)42/h3-6,16-20,40-41H,1-2,7-13,30H2,(H2,31,42)(H,35,47)(H,36,43)(H,37,46)(H,38,48)(H,39,49)(H,44,45)(H,50,51)(H4,32,33,34)/t16-,17-,18-,19-,20-/m0/s1. The Morgan fingerprint density at radius 3 is 1.88 bits per heavy atom. The largest absolute Gasteiger partial charge is 0.508 e. The Morgan fingerprint density at radius 2 is 1.33 bits per heavy atom. The highest BCUT2D eigenvalue weighted by molar-refractivity contribution is 5.96. The third kappa shape index (κ3) is 17.3. The molecule has 1 rings (SSSR count). The number of amides is 6. The first-order chi connectivity index (χ1) is 23.9. The van der Waals surface area contributed by atoms with E-state index >= 15 is 0 Å². The summed E-state index contributed by atoms with van der Waals surface area (Å²) in [5.74, 6) is -9.18. The van der Waals surface area contributed by atoms with Crippen molar-refractivity contribution in [2.75, 3.05) is 19.7 Å². The minimum absolute atomic E-state index is 0.0611. The van der Waals surface area contributed by atoms with Crippen LogP contribution in [0.25, 0.3) is 0 Å². The average Bonchev–Trinajstić information content (AvgIpc) is 3.05. The number of carboxylic acids is 2. The third-order valence-electron chi connectivity index (χ3n) is 6.87. The number of nitrogens with zero attached hydrogens (tertiary/aromatic N) is 1. The molecule has 0 saturated heterocycles. The molecule has 6 amide bonds. The Hall–Kier alpha value is -6.03. The number of rotatable bonds is 23. The third-order valence-corrected chi connectivity index (χ3v) is 6.87. The van der Waals surface area contributed by atoms with Gasteiger partial charge in [0, 0.05) is 19.4 Å². The van der Waals surface area contributed by atoms with E-state index in [-0.39, 0.29) is 31.1 Å². The van der Waals surface area contributed by atoms with E-state index in [2.05, 4.69) is 26.3 Å². The number of nitrogens with two attached hydrogens (primary N) is 4. The van der Waals surface area contributed by atoms with Crippen LogP contribution in [-0.4, -0.2) is 124 Å². The molecule has 0 radical (unpaired) electrons. The quantitative estimate of drug-likeness (QED) is 0.0284. The van der Waals surface area contributed by atoms with Crippen LogP contribution in [-0.2, 0) is 44.8 Å². The molecule has 1 aromatic rings. The first-order valence-corrected chi connectivity index (χ1v) is 15.3. The maximum atomic E-state index is 13.3. The second kappa shape index (κ2) is 21.8. The SMILES string of the molecule is NC(=O)C[C@H](NC(=O)[C@H](CCC(=O)O)NC(=O)CNC(=O)[C@H](CO)NC(=O)[C@H](Cc1ccc(O)cc1)NC(=O)[C@@H](N)CCCN=C(N)N)C(=O)O. The zero-order valence-corrected chi connectivity index (χ0v) is 27.4. The summed E-state index contributed by atoms with van der Waals surface area (Å²) in [4.78, 5) is 102. The molecule has 22 nitrogen and oxygen atoms in total. The summed E-state index contributed by atoms with van der Waals surface area (Å²) in [5, 5.41) is 48.7. The number of phenolic OH excluding ortho intramolecular Hbond substituents is 1. The number of aromatic hydroxyl groups is 1. The molecule has 17 N–H and O–H groups in total. The second-order valence-corrected chi connectivity index (χ2v) is 11.1. The normalized spacial score (nSPS) is 13.5. The molecule has 0 aliphatic rings. The molecule has 0 heterocycles. The van der Waals surface area contributed by atoms with Gasteiger partial charge in [-0.1, -0.05) is 12.1 Å². The molecule has 0 aliphatic heterocycles. The smallest absolute Gasteiger partial charge is 0.326 e. The monoisotopic (exact) mass is 724 g/mol. The maximum absolute atomic E-state index is 13.3. The van der Waals surface area contributed by atoms with Crippen molar-refractivity contribution in [2.45, 2.75) is 68.7 Å². The number of aliphatic hydroxyl groups excluding tert-OH is 1. The van der Waals surface area contributed by atoms with Gasteiger partial charge in [0.1, 0.15) is 29.9 Å². The highest BCUT2D eigenvalue weighted by atomic mass is 16.4. The molecule has 0 aliphatic carbocycles. The molecule has 0 saturated carbocycles. The summed E-state index contributed by atoms with van der Waals surface area (Å²) >= 11 is 0. The number of carbonyl (C=O) groups excluding carboxylic acids is 6. The summed E-state index contributed by atoms with van der Waals surface area (Å²) in [7, 11) is 0. The van der Waals surface area contributed by atoms with Crippen molar-refractivity contribution in [1.82, 2.24) is 26.6 Å². The fourth-order valence-corrected chi connectivity index (χ4v) is 4.22. The molecule has 0 bridgehead atoms. The Morgan fingerprint density at radius 1 is 0.745 bits per heavy atom. The van der Waals surface area contributed by atoms with Crippen molar-refractivity contribution in [3.05, 3.63) is 29.8 Å². The summed E-state index contributed by atoms with van der Waals surface area (Å²) in [6.45, 7) is -1.62. The molecule has 5 atom stereocenters. The van der Waals surface area contributed by atoms with Crippen molar-refractivity contribution >= 4 is 53.3 Å². The molecule has 0 unspecified atom stereocenters. The number of benzene rings is 1. The van der Waals surface area contributed by atoms with Crippen LogP contribution in [0, 0.1) is 0 Å². The lowest BCUT2D eigenvalue weighted by Gasteiger charge is -2.24. The zero-order valence-electron chi connectivity index (χ0n) is 27.4. The number of carbonyl (C=O) groups is 8. The van der Waals surface area contributed by atoms with Crippen LogP contribution in [0.4, 0.5) is 0 Å². The van der Waals surface area contributed by atoms with Crippen LogP contribution in [0.1, 0.15) is 37.7 Å². The van der Waals surface area contributed by atoms with Crippen molar-refractivity contribution in [3.63, 3.8) is 0 Å². The molecule has 0 fully saturated rings. The number of primary amides is 1. The van der Waals surface area contributed by atoms with E-state index in [0.717, 1.165) is 0 Å². The van der Waals surface area contributed by atoms with Crippen molar-refractivity contribution in [3.8, 4) is 5.75 Å². The van der Waals surface area contributed by atoms with Crippen molar-refractivity contribution in [2.24, 2.45) is 27.9 Å². The lowest BCUT2D eigenvalue weighted by atomic mass is 10.0. The van der Waals surface area contributed by atoms with Crippen molar-refractivity contribution in [1.29, 1.82) is 0 Å².